The van der Waals surface area contributed by atoms with Crippen LogP contribution in [0.25, 0.3) is 0 Å². The molecular weight excluding hydrogens is 137 g/mol. The van der Waals surface area contributed by atoms with Crippen molar-refractivity contribution in [3.8, 4) is 0 Å². The Morgan fingerprint density at radius 1 is 1.57 bits per heavy atom. The van der Waals surface area contributed by atoms with Crippen LogP contribution in [0.1, 0.15) is 0 Å². The van der Waals surface area contributed by atoms with Crippen LogP contribution in [0.15, 0.2) is 22.5 Å². The summed E-state index contributed by atoms with van der Waals surface area (Å²) in [6.45, 7) is 0. The molecule has 0 unspecified atom stereocenters. The van der Waals surface area contributed by atoms with Crippen molar-refractivity contribution in [1.29, 1.82) is 5.41 Å². The zero-order chi connectivity index (χ0) is 4.41. The van der Waals surface area contributed by atoms with Crippen molar-refractivity contribution in [2.24, 2.45) is 10.2 Å². The summed E-state index contributed by atoms with van der Waals surface area (Å²) < 4.78 is 0. The summed E-state index contributed by atoms with van der Waals surface area (Å²) in [5, 5.41) is 13.4. The first-order valence-corrected chi connectivity index (χ1v) is 1.55. The fourth-order valence-electron chi connectivity index (χ4n) is 0.233. The number of nitrogens with one attached hydrogen (secondary N) is 1. The molecule has 0 spiro atoms. The Balaban J connectivity index is 0.000000360. The number of hydrogen-bond donors (Lipinski definition) is 1. The third kappa shape index (κ3) is 1.60. The average Bonchev–Trinajstić information content (AvgIpc) is 1.86. The smallest absolute Gasteiger partial charge is 0.168 e. The molecule has 0 radical (unpaired) electrons. The van der Waals surface area contributed by atoms with E-state index in [1.165, 1.54) is 12.3 Å². The molecule has 0 atom stereocenters. The zero-order valence-electron chi connectivity index (χ0n) is 3.37. The van der Waals surface area contributed by atoms with Crippen LogP contribution < -0.4 is 0 Å². The SMILES string of the molecule is N=C1C=CN=N1.[Ni]. The molecule has 1 heterocycles. The summed E-state index contributed by atoms with van der Waals surface area (Å²) in [7, 11) is 0. The summed E-state index contributed by atoms with van der Waals surface area (Å²) in [6.07, 6.45) is 3.02. The summed E-state index contributed by atoms with van der Waals surface area (Å²) in [6, 6.07) is 0. The monoisotopic (exact) mass is 139 g/mol. The number of azo groups is 1. The van der Waals surface area contributed by atoms with E-state index in [0.717, 1.165) is 0 Å². The Bertz CT molecular complexity index is 112. The van der Waals surface area contributed by atoms with Crippen LogP contribution in [0.4, 0.5) is 0 Å². The summed E-state index contributed by atoms with van der Waals surface area (Å²) in [5.41, 5.74) is 0. The van der Waals surface area contributed by atoms with Gasteiger partial charge >= 0.3 is 0 Å². The molecule has 0 aromatic rings. The van der Waals surface area contributed by atoms with E-state index in [1.54, 1.807) is 0 Å². The number of hydrogen-bond acceptors (Lipinski definition) is 2. The molecule has 40 valence electrons. The van der Waals surface area contributed by atoms with Crippen molar-refractivity contribution in [3.05, 3.63) is 12.3 Å². The Morgan fingerprint density at radius 3 is 2.43 bits per heavy atom. The van der Waals surface area contributed by atoms with Gasteiger partial charge in [-0.3, -0.25) is 5.41 Å². The maximum absolute atomic E-state index is 6.70. The van der Waals surface area contributed by atoms with Crippen LogP contribution in [0, 0.1) is 5.41 Å². The molecule has 1 rings (SSSR count). The van der Waals surface area contributed by atoms with Gasteiger partial charge in [-0.25, -0.2) is 0 Å². The topological polar surface area (TPSA) is 48.6 Å². The van der Waals surface area contributed by atoms with Gasteiger partial charge in [-0.05, 0) is 0 Å². The first kappa shape index (κ1) is 6.50. The maximum atomic E-state index is 6.70. The second-order valence-electron chi connectivity index (χ2n) is 0.916. The van der Waals surface area contributed by atoms with Gasteiger partial charge in [-0.2, -0.15) is 5.11 Å². The molecule has 1 aliphatic heterocycles. The number of nitrogens with zero attached hydrogens (tertiary/aromatic N) is 2. The van der Waals surface area contributed by atoms with E-state index in [1.807, 2.05) is 0 Å². The molecule has 0 aromatic heterocycles. The standard InChI is InChI=1S/C3H3N3.Ni/c4-3-1-2-5-6-3;/h1-2,4H;. The van der Waals surface area contributed by atoms with Crippen molar-refractivity contribution in [2.75, 3.05) is 0 Å². The Hall–Kier alpha value is -0.496. The molecule has 0 amide bonds. The fourth-order valence-corrected chi connectivity index (χ4v) is 0.233. The van der Waals surface area contributed by atoms with Gasteiger partial charge in [-0.15, -0.1) is 5.11 Å². The van der Waals surface area contributed by atoms with E-state index < -0.39 is 0 Å². The van der Waals surface area contributed by atoms with E-state index in [9.17, 15) is 0 Å². The van der Waals surface area contributed by atoms with Crippen LogP contribution in [-0.2, 0) is 16.5 Å². The fraction of sp³-hybridized carbons (Fsp3) is 0. The first-order chi connectivity index (χ1) is 2.89. The summed E-state index contributed by atoms with van der Waals surface area (Å²) in [5.74, 6) is 0.231. The summed E-state index contributed by atoms with van der Waals surface area (Å²) in [4.78, 5) is 0. The van der Waals surface area contributed by atoms with Crippen molar-refractivity contribution >= 4 is 5.84 Å². The second-order valence-corrected chi connectivity index (χ2v) is 0.916. The van der Waals surface area contributed by atoms with Gasteiger partial charge in [0.15, 0.2) is 5.84 Å². The quantitative estimate of drug-likeness (QED) is 0.486. The van der Waals surface area contributed by atoms with Gasteiger partial charge < -0.3 is 0 Å². The summed E-state index contributed by atoms with van der Waals surface area (Å²) >= 11 is 0. The maximum Gasteiger partial charge on any atom is 0.168 e. The zero-order valence-corrected chi connectivity index (χ0v) is 4.35. The van der Waals surface area contributed by atoms with Gasteiger partial charge in [-0.1, -0.05) is 0 Å². The van der Waals surface area contributed by atoms with Crippen LogP contribution >= 0.6 is 0 Å². The predicted octanol–water partition coefficient (Wildman–Crippen LogP) is 0.941. The first-order valence-electron chi connectivity index (χ1n) is 1.55. The molecule has 1 N–H and O–H groups in total. The molecule has 0 saturated heterocycles. The van der Waals surface area contributed by atoms with Crippen molar-refractivity contribution in [3.63, 3.8) is 0 Å². The Labute approximate surface area is 51.0 Å². The van der Waals surface area contributed by atoms with E-state index >= 15 is 0 Å². The minimum atomic E-state index is 0. The normalized spacial score (nSPS) is 14.6. The third-order valence-corrected chi connectivity index (χ3v) is 0.465. The molecule has 4 heteroatoms. The molecule has 0 aromatic carbocycles. The molecule has 0 saturated carbocycles. The van der Waals surface area contributed by atoms with Gasteiger partial charge in [0.25, 0.3) is 0 Å². The van der Waals surface area contributed by atoms with Crippen molar-refractivity contribution < 1.29 is 16.5 Å². The molecule has 0 fully saturated rings. The van der Waals surface area contributed by atoms with Gasteiger partial charge in [0.2, 0.25) is 0 Å². The van der Waals surface area contributed by atoms with Crippen LogP contribution in [-0.4, -0.2) is 5.84 Å². The molecule has 7 heavy (non-hydrogen) atoms. The molecule has 0 bridgehead atoms. The van der Waals surface area contributed by atoms with E-state index in [-0.39, 0.29) is 22.3 Å². The van der Waals surface area contributed by atoms with E-state index in [2.05, 4.69) is 10.2 Å². The number of rotatable bonds is 0. The van der Waals surface area contributed by atoms with E-state index in [4.69, 9.17) is 5.41 Å². The Kier molecular flexibility index (Phi) is 2.45. The third-order valence-electron chi connectivity index (χ3n) is 0.465. The Morgan fingerprint density at radius 2 is 2.29 bits per heavy atom. The van der Waals surface area contributed by atoms with Crippen molar-refractivity contribution in [2.45, 2.75) is 0 Å². The molecule has 1 aliphatic rings. The molecule has 0 aliphatic carbocycles. The van der Waals surface area contributed by atoms with Gasteiger partial charge in [0, 0.05) is 22.6 Å². The average molecular weight is 140 g/mol. The van der Waals surface area contributed by atoms with Crippen LogP contribution in [0.3, 0.4) is 0 Å². The van der Waals surface area contributed by atoms with Gasteiger partial charge in [0.1, 0.15) is 0 Å². The van der Waals surface area contributed by atoms with Crippen molar-refractivity contribution in [1.82, 2.24) is 0 Å². The largest absolute Gasteiger partial charge is 0.281 e. The van der Waals surface area contributed by atoms with Crippen LogP contribution in [0.2, 0.25) is 0 Å². The second kappa shape index (κ2) is 2.64. The molecule has 3 nitrogen and oxygen atoms in total. The minimum Gasteiger partial charge on any atom is -0.281 e. The number of amidine groups is 1. The predicted molar refractivity (Wildman–Crippen MR) is 21.7 cm³/mol. The minimum absolute atomic E-state index is 0. The van der Waals surface area contributed by atoms with Crippen LogP contribution in [0.5, 0.6) is 0 Å². The van der Waals surface area contributed by atoms with E-state index in [0.29, 0.717) is 0 Å². The molecular formula is C3H3N3Ni. The van der Waals surface area contributed by atoms with Gasteiger partial charge in [0.05, 0.1) is 6.20 Å².